The molecule has 0 aromatic heterocycles. The van der Waals surface area contributed by atoms with Crippen molar-refractivity contribution in [3.8, 4) is 0 Å². The fourth-order valence-electron chi connectivity index (χ4n) is 1.73. The van der Waals surface area contributed by atoms with E-state index in [1.54, 1.807) is 0 Å². The summed E-state index contributed by atoms with van der Waals surface area (Å²) in [5, 5.41) is 6.34. The molecule has 2 saturated carbocycles. The van der Waals surface area contributed by atoms with Crippen molar-refractivity contribution in [2.45, 2.75) is 44.6 Å². The summed E-state index contributed by atoms with van der Waals surface area (Å²) in [5.74, 6) is 1.11. The van der Waals surface area contributed by atoms with E-state index in [0.29, 0.717) is 12.5 Å². The van der Waals surface area contributed by atoms with Crippen LogP contribution < -0.4 is 10.6 Å². The highest BCUT2D eigenvalue weighted by atomic mass is 16.1. The molecule has 0 saturated heterocycles. The molecule has 14 heavy (non-hydrogen) atoms. The maximum Gasteiger partial charge on any atom is 0.221 e. The second-order valence-electron chi connectivity index (χ2n) is 4.59. The third kappa shape index (κ3) is 3.29. The quantitative estimate of drug-likeness (QED) is 0.623. The third-order valence-electron chi connectivity index (χ3n) is 3.13. The van der Waals surface area contributed by atoms with E-state index in [9.17, 15) is 4.79 Å². The van der Waals surface area contributed by atoms with E-state index < -0.39 is 0 Å². The summed E-state index contributed by atoms with van der Waals surface area (Å²) in [4.78, 5) is 11.3. The molecule has 0 aromatic carbocycles. The van der Waals surface area contributed by atoms with Crippen LogP contribution >= 0.6 is 0 Å². The summed E-state index contributed by atoms with van der Waals surface area (Å²) in [6.45, 7) is 1.95. The highest BCUT2D eigenvalue weighted by Crippen LogP contribution is 2.25. The lowest BCUT2D eigenvalue weighted by Gasteiger charge is -2.25. The van der Waals surface area contributed by atoms with E-state index >= 15 is 0 Å². The van der Waals surface area contributed by atoms with E-state index in [1.165, 1.54) is 32.1 Å². The molecular formula is C11H20N2O. The Hall–Kier alpha value is -0.570. The zero-order valence-corrected chi connectivity index (χ0v) is 8.72. The van der Waals surface area contributed by atoms with Gasteiger partial charge in [-0.25, -0.2) is 0 Å². The van der Waals surface area contributed by atoms with Crippen LogP contribution in [0.5, 0.6) is 0 Å². The highest BCUT2D eigenvalue weighted by molar-refractivity contribution is 5.76. The first-order valence-corrected chi connectivity index (χ1v) is 5.84. The summed E-state index contributed by atoms with van der Waals surface area (Å²) in [6, 6.07) is 0.508. The number of hydrogen-bond acceptors (Lipinski definition) is 2. The Morgan fingerprint density at radius 2 is 2.00 bits per heavy atom. The summed E-state index contributed by atoms with van der Waals surface area (Å²) in [6.07, 6.45) is 7.16. The smallest absolute Gasteiger partial charge is 0.221 e. The van der Waals surface area contributed by atoms with Crippen molar-refractivity contribution in [3.63, 3.8) is 0 Å². The maximum atomic E-state index is 11.3. The van der Waals surface area contributed by atoms with Crippen LogP contribution in [0, 0.1) is 5.92 Å². The van der Waals surface area contributed by atoms with E-state index in [-0.39, 0.29) is 5.91 Å². The van der Waals surface area contributed by atoms with Gasteiger partial charge in [-0.2, -0.15) is 0 Å². The Kier molecular flexibility index (Phi) is 3.40. The van der Waals surface area contributed by atoms with Crippen molar-refractivity contribution >= 4 is 5.91 Å². The maximum absolute atomic E-state index is 11.3. The van der Waals surface area contributed by atoms with Gasteiger partial charge < -0.3 is 10.6 Å². The van der Waals surface area contributed by atoms with Crippen LogP contribution in [0.3, 0.4) is 0 Å². The van der Waals surface area contributed by atoms with Crippen LogP contribution in [0.25, 0.3) is 0 Å². The van der Waals surface area contributed by atoms with Gasteiger partial charge in [0, 0.05) is 19.0 Å². The lowest BCUT2D eigenvalue weighted by molar-refractivity contribution is -0.121. The third-order valence-corrected chi connectivity index (χ3v) is 3.13. The van der Waals surface area contributed by atoms with E-state index in [2.05, 4.69) is 10.6 Å². The average molecular weight is 196 g/mol. The first-order chi connectivity index (χ1) is 6.84. The van der Waals surface area contributed by atoms with Crippen LogP contribution in [0.15, 0.2) is 0 Å². The molecule has 3 nitrogen and oxygen atoms in total. The number of nitrogens with one attached hydrogen (secondary N) is 2. The van der Waals surface area contributed by atoms with E-state index in [4.69, 9.17) is 0 Å². The normalized spacial score (nSPS) is 21.7. The minimum absolute atomic E-state index is 0.216. The topological polar surface area (TPSA) is 41.1 Å². The molecule has 0 bridgehead atoms. The van der Waals surface area contributed by atoms with E-state index in [1.807, 2.05) is 0 Å². The molecule has 80 valence electrons. The predicted molar refractivity (Wildman–Crippen MR) is 56.0 cm³/mol. The predicted octanol–water partition coefficient (Wildman–Crippen LogP) is 1.04. The summed E-state index contributed by atoms with van der Waals surface area (Å²) < 4.78 is 0. The molecule has 2 aliphatic rings. The molecule has 2 fully saturated rings. The minimum Gasteiger partial charge on any atom is -0.353 e. The monoisotopic (exact) mass is 196 g/mol. The Morgan fingerprint density at radius 1 is 1.21 bits per heavy atom. The van der Waals surface area contributed by atoms with Gasteiger partial charge in [-0.3, -0.25) is 4.79 Å². The van der Waals surface area contributed by atoms with Gasteiger partial charge in [0.15, 0.2) is 0 Å². The molecule has 0 atom stereocenters. The van der Waals surface area contributed by atoms with E-state index in [0.717, 1.165) is 19.0 Å². The van der Waals surface area contributed by atoms with Crippen molar-refractivity contribution in [2.75, 3.05) is 13.1 Å². The number of amides is 1. The Labute approximate surface area is 85.6 Å². The van der Waals surface area contributed by atoms with Crippen molar-refractivity contribution in [2.24, 2.45) is 5.92 Å². The summed E-state index contributed by atoms with van der Waals surface area (Å²) >= 11 is 0. The molecule has 0 spiro atoms. The fraction of sp³-hybridized carbons (Fsp3) is 0.909. The second kappa shape index (κ2) is 4.78. The van der Waals surface area contributed by atoms with Crippen LogP contribution in [0.4, 0.5) is 0 Å². The first-order valence-electron chi connectivity index (χ1n) is 5.84. The van der Waals surface area contributed by atoms with Gasteiger partial charge >= 0.3 is 0 Å². The van der Waals surface area contributed by atoms with Crippen LogP contribution in [-0.4, -0.2) is 25.0 Å². The number of rotatable bonds is 6. The summed E-state index contributed by atoms with van der Waals surface area (Å²) in [7, 11) is 0. The second-order valence-corrected chi connectivity index (χ2v) is 4.59. The number of carbonyl (C=O) groups is 1. The zero-order valence-electron chi connectivity index (χ0n) is 8.72. The van der Waals surface area contributed by atoms with Crippen molar-refractivity contribution in [3.05, 3.63) is 0 Å². The molecule has 0 radical (unpaired) electrons. The molecule has 0 heterocycles. The molecule has 3 heteroatoms. The molecule has 2 aliphatic carbocycles. The van der Waals surface area contributed by atoms with Crippen LogP contribution in [0.1, 0.15) is 38.5 Å². The molecule has 0 unspecified atom stereocenters. The highest BCUT2D eigenvalue weighted by Gasteiger charge is 2.22. The van der Waals surface area contributed by atoms with Gasteiger partial charge in [-0.15, -0.1) is 0 Å². The van der Waals surface area contributed by atoms with Crippen molar-refractivity contribution in [1.29, 1.82) is 0 Å². The Balaban J connectivity index is 1.42. The van der Waals surface area contributed by atoms with Crippen molar-refractivity contribution < 1.29 is 4.79 Å². The van der Waals surface area contributed by atoms with Gasteiger partial charge in [0.2, 0.25) is 5.91 Å². The lowest BCUT2D eigenvalue weighted by Crippen LogP contribution is -2.32. The SMILES string of the molecule is O=C(CCNCC1CCC1)NC1CC1. The zero-order chi connectivity index (χ0) is 9.80. The molecule has 0 aromatic rings. The fourth-order valence-corrected chi connectivity index (χ4v) is 1.73. The molecule has 0 aliphatic heterocycles. The summed E-state index contributed by atoms with van der Waals surface area (Å²) in [5.41, 5.74) is 0. The van der Waals surface area contributed by atoms with Gasteiger partial charge in [-0.05, 0) is 38.1 Å². The molecule has 1 amide bonds. The molecule has 2 rings (SSSR count). The van der Waals surface area contributed by atoms with Crippen molar-refractivity contribution in [1.82, 2.24) is 10.6 Å². The van der Waals surface area contributed by atoms with Gasteiger partial charge in [-0.1, -0.05) is 6.42 Å². The molecule has 2 N–H and O–H groups in total. The van der Waals surface area contributed by atoms with Gasteiger partial charge in [0.1, 0.15) is 0 Å². The average Bonchev–Trinajstić information content (AvgIpc) is 2.84. The first kappa shape index (κ1) is 9.97. The largest absolute Gasteiger partial charge is 0.353 e. The lowest BCUT2D eigenvalue weighted by atomic mass is 9.85. The minimum atomic E-state index is 0.216. The Morgan fingerprint density at radius 3 is 2.57 bits per heavy atom. The standard InChI is InChI=1S/C11H20N2O/c14-11(13-10-4-5-10)6-7-12-8-9-2-1-3-9/h9-10,12H,1-8H2,(H,13,14). The number of hydrogen-bond donors (Lipinski definition) is 2. The number of carbonyl (C=O) groups excluding carboxylic acids is 1. The van der Waals surface area contributed by atoms with Crippen LogP contribution in [-0.2, 0) is 4.79 Å². The van der Waals surface area contributed by atoms with Gasteiger partial charge in [0.05, 0.1) is 0 Å². The Bertz CT molecular complexity index is 197. The van der Waals surface area contributed by atoms with Gasteiger partial charge in [0.25, 0.3) is 0 Å². The molecular weight excluding hydrogens is 176 g/mol. The van der Waals surface area contributed by atoms with Crippen LogP contribution in [0.2, 0.25) is 0 Å².